The summed E-state index contributed by atoms with van der Waals surface area (Å²) in [5.74, 6) is 0. The van der Waals surface area contributed by atoms with Crippen molar-refractivity contribution in [2.45, 2.75) is 13.8 Å². The molecule has 0 unspecified atom stereocenters. The molecule has 0 aliphatic heterocycles. The van der Waals surface area contributed by atoms with Gasteiger partial charge in [-0.3, -0.25) is 4.98 Å². The minimum Gasteiger partial charge on any atom is -0.318 e. The Morgan fingerprint density at radius 3 is 2.58 bits per heavy atom. The Kier molecular flexibility index (Phi) is 4.64. The van der Waals surface area contributed by atoms with Gasteiger partial charge in [0.05, 0.1) is 11.6 Å². The molecule has 0 N–H and O–H groups in total. The Morgan fingerprint density at radius 1 is 1.17 bits per heavy atom. The second kappa shape index (κ2) is 6.86. The number of nitriles is 1. The fourth-order valence-electron chi connectivity index (χ4n) is 2.82. The van der Waals surface area contributed by atoms with Crippen LogP contribution in [-0.2, 0) is 0 Å². The van der Waals surface area contributed by atoms with E-state index in [0.29, 0.717) is 5.57 Å². The first-order valence-electron chi connectivity index (χ1n) is 7.57. The van der Waals surface area contributed by atoms with Gasteiger partial charge >= 0.3 is 0 Å². The van der Waals surface area contributed by atoms with Crippen LogP contribution in [0.4, 0.5) is 0 Å². The maximum Gasteiger partial charge on any atom is 0.0998 e. The third kappa shape index (κ3) is 3.17. The van der Waals surface area contributed by atoms with Crippen molar-refractivity contribution in [3.63, 3.8) is 0 Å². The van der Waals surface area contributed by atoms with Gasteiger partial charge in [0.2, 0.25) is 0 Å². The van der Waals surface area contributed by atoms with Gasteiger partial charge in [-0.25, -0.2) is 0 Å². The van der Waals surface area contributed by atoms with Gasteiger partial charge in [0.1, 0.15) is 0 Å². The fourth-order valence-corrected chi connectivity index (χ4v) is 3.22. The Morgan fingerprint density at radius 2 is 1.92 bits per heavy atom. The summed E-state index contributed by atoms with van der Waals surface area (Å²) in [7, 11) is 0. The number of nitrogens with zero attached hydrogens (tertiary/aromatic N) is 3. The number of hydrogen-bond donors (Lipinski definition) is 0. The lowest BCUT2D eigenvalue weighted by Gasteiger charge is -2.09. The Balaban J connectivity index is 2.09. The Hall–Kier alpha value is -2.64. The average Bonchev–Trinajstić information content (AvgIpc) is 2.87. The number of allylic oxidation sites excluding steroid dienone is 1. The minimum atomic E-state index is 0.645. The van der Waals surface area contributed by atoms with Crippen LogP contribution in [0.2, 0.25) is 0 Å². The maximum atomic E-state index is 9.57. The van der Waals surface area contributed by atoms with E-state index in [1.165, 1.54) is 0 Å². The van der Waals surface area contributed by atoms with Crippen LogP contribution in [-0.4, -0.2) is 9.55 Å². The summed E-state index contributed by atoms with van der Waals surface area (Å²) in [5, 5.41) is 9.57. The molecule has 0 saturated carbocycles. The minimum absolute atomic E-state index is 0.645. The van der Waals surface area contributed by atoms with E-state index in [0.717, 1.165) is 32.7 Å². The molecule has 118 valence electrons. The van der Waals surface area contributed by atoms with Gasteiger partial charge in [-0.1, -0.05) is 28.1 Å². The van der Waals surface area contributed by atoms with E-state index in [-0.39, 0.29) is 0 Å². The molecule has 0 fully saturated rings. The second-order valence-corrected chi connectivity index (χ2v) is 6.46. The van der Waals surface area contributed by atoms with E-state index in [2.05, 4.69) is 51.5 Å². The second-order valence-electron chi connectivity index (χ2n) is 5.55. The molecule has 2 aromatic heterocycles. The van der Waals surface area contributed by atoms with Crippen molar-refractivity contribution in [3.05, 3.63) is 81.8 Å². The molecule has 0 bridgehead atoms. The zero-order chi connectivity index (χ0) is 17.1. The Labute approximate surface area is 150 Å². The standard InChI is InChI=1S/C20H16BrN3/c1-14-10-17(15(2)24(14)20-6-8-23-9-7-20)11-18(13-22)16-4-3-5-19(21)12-16/h3-12H,1-2H3. The number of aryl methyl sites for hydroxylation is 1. The highest BCUT2D eigenvalue weighted by atomic mass is 79.9. The lowest BCUT2D eigenvalue weighted by Crippen LogP contribution is -1.98. The zero-order valence-electron chi connectivity index (χ0n) is 13.5. The van der Waals surface area contributed by atoms with E-state index in [1.54, 1.807) is 12.4 Å². The smallest absolute Gasteiger partial charge is 0.0998 e. The molecule has 0 aliphatic rings. The van der Waals surface area contributed by atoms with Gasteiger partial charge < -0.3 is 4.57 Å². The van der Waals surface area contributed by atoms with Crippen LogP contribution in [0.15, 0.2) is 59.3 Å². The van der Waals surface area contributed by atoms with Crippen molar-refractivity contribution in [3.8, 4) is 11.8 Å². The largest absolute Gasteiger partial charge is 0.318 e. The normalized spacial score (nSPS) is 11.3. The SMILES string of the molecule is Cc1cc(C=C(C#N)c2cccc(Br)c2)c(C)n1-c1ccncc1. The molecule has 0 amide bonds. The first-order valence-corrected chi connectivity index (χ1v) is 8.36. The van der Waals surface area contributed by atoms with Gasteiger partial charge in [-0.15, -0.1) is 0 Å². The topological polar surface area (TPSA) is 41.6 Å². The van der Waals surface area contributed by atoms with Crippen LogP contribution in [0.25, 0.3) is 17.3 Å². The van der Waals surface area contributed by atoms with Crippen LogP contribution in [0.3, 0.4) is 0 Å². The van der Waals surface area contributed by atoms with E-state index >= 15 is 0 Å². The molecular formula is C20H16BrN3. The number of pyridine rings is 1. The van der Waals surface area contributed by atoms with Crippen molar-refractivity contribution < 1.29 is 0 Å². The molecule has 4 heteroatoms. The number of aromatic nitrogens is 2. The summed E-state index contributed by atoms with van der Waals surface area (Å²) < 4.78 is 3.13. The molecular weight excluding hydrogens is 362 g/mol. The molecule has 3 rings (SSSR count). The van der Waals surface area contributed by atoms with Gasteiger partial charge in [0.25, 0.3) is 0 Å². The first kappa shape index (κ1) is 16.2. The maximum absolute atomic E-state index is 9.57. The number of halogens is 1. The predicted molar refractivity (Wildman–Crippen MR) is 101 cm³/mol. The summed E-state index contributed by atoms with van der Waals surface area (Å²) in [4.78, 5) is 4.07. The quantitative estimate of drug-likeness (QED) is 0.579. The Bertz CT molecular complexity index is 947. The van der Waals surface area contributed by atoms with Crippen LogP contribution in [0.5, 0.6) is 0 Å². The van der Waals surface area contributed by atoms with Crippen molar-refractivity contribution in [2.75, 3.05) is 0 Å². The van der Waals surface area contributed by atoms with Crippen LogP contribution in [0.1, 0.15) is 22.5 Å². The van der Waals surface area contributed by atoms with Crippen LogP contribution in [0, 0.1) is 25.2 Å². The molecule has 2 heterocycles. The first-order chi connectivity index (χ1) is 11.6. The molecule has 3 nitrogen and oxygen atoms in total. The third-order valence-corrected chi connectivity index (χ3v) is 4.44. The van der Waals surface area contributed by atoms with Gasteiger partial charge in [-0.2, -0.15) is 5.26 Å². The summed E-state index contributed by atoms with van der Waals surface area (Å²) in [5.41, 5.74) is 5.88. The lowest BCUT2D eigenvalue weighted by molar-refractivity contribution is 0.960. The van der Waals surface area contributed by atoms with Gasteiger partial charge in [0, 0.05) is 33.9 Å². The number of hydrogen-bond acceptors (Lipinski definition) is 2. The van der Waals surface area contributed by atoms with Crippen molar-refractivity contribution in [1.82, 2.24) is 9.55 Å². The lowest BCUT2D eigenvalue weighted by atomic mass is 10.0. The van der Waals surface area contributed by atoms with Crippen molar-refractivity contribution in [2.24, 2.45) is 0 Å². The molecule has 0 atom stereocenters. The molecule has 0 saturated heterocycles. The van der Waals surface area contributed by atoms with E-state index in [1.807, 2.05) is 42.5 Å². The molecule has 1 aromatic carbocycles. The summed E-state index contributed by atoms with van der Waals surface area (Å²) in [6.45, 7) is 4.13. The highest BCUT2D eigenvalue weighted by Gasteiger charge is 2.11. The highest BCUT2D eigenvalue weighted by molar-refractivity contribution is 9.10. The van der Waals surface area contributed by atoms with E-state index in [9.17, 15) is 5.26 Å². The van der Waals surface area contributed by atoms with Gasteiger partial charge in [-0.05, 0) is 61.4 Å². The van der Waals surface area contributed by atoms with Crippen molar-refractivity contribution in [1.29, 1.82) is 5.26 Å². The zero-order valence-corrected chi connectivity index (χ0v) is 15.1. The molecule has 0 aliphatic carbocycles. The van der Waals surface area contributed by atoms with Crippen LogP contribution < -0.4 is 0 Å². The fraction of sp³-hybridized carbons (Fsp3) is 0.100. The highest BCUT2D eigenvalue weighted by Crippen LogP contribution is 2.26. The molecule has 3 aromatic rings. The number of benzene rings is 1. The average molecular weight is 378 g/mol. The van der Waals surface area contributed by atoms with Crippen molar-refractivity contribution >= 4 is 27.6 Å². The third-order valence-electron chi connectivity index (χ3n) is 3.95. The van der Waals surface area contributed by atoms with Gasteiger partial charge in [0.15, 0.2) is 0 Å². The monoisotopic (exact) mass is 377 g/mol. The van der Waals surface area contributed by atoms with E-state index < -0.39 is 0 Å². The molecule has 0 spiro atoms. The predicted octanol–water partition coefficient (Wildman–Crippen LogP) is 5.32. The molecule has 0 radical (unpaired) electrons. The van der Waals surface area contributed by atoms with E-state index in [4.69, 9.17) is 0 Å². The number of rotatable bonds is 3. The molecule has 24 heavy (non-hydrogen) atoms. The summed E-state index contributed by atoms with van der Waals surface area (Å²) in [6, 6.07) is 16.2. The van der Waals surface area contributed by atoms with Crippen LogP contribution >= 0.6 is 15.9 Å². The summed E-state index contributed by atoms with van der Waals surface area (Å²) in [6.07, 6.45) is 5.51. The summed E-state index contributed by atoms with van der Waals surface area (Å²) >= 11 is 3.46.